The topological polar surface area (TPSA) is 136 Å². The molecule has 2 aromatic rings. The van der Waals surface area contributed by atoms with Crippen molar-refractivity contribution in [2.45, 2.75) is 44.4 Å². The molecule has 2 saturated heterocycles. The standard InChI is InChI=1S/C29H37N3O8/c1-29(9-4-14-40-29)27(35)31-22(26(33)34)15-19-5-7-21(8-6-19)25-23(37-2)16-20(17-24(25)38-3)18-39-28(36)32-12-10-30-11-13-32/h5-8,16-17,22,30H,4,9-15,18H2,1-3H3,(H,31,35)(H,33,34)/t22-,29+/m0/s1. The van der Waals surface area contributed by atoms with E-state index in [1.165, 1.54) is 0 Å². The van der Waals surface area contributed by atoms with Crippen molar-refractivity contribution in [2.24, 2.45) is 0 Å². The fourth-order valence-electron chi connectivity index (χ4n) is 4.93. The normalized spacial score (nSPS) is 19.5. The van der Waals surface area contributed by atoms with E-state index >= 15 is 0 Å². The van der Waals surface area contributed by atoms with Gasteiger partial charge in [0.2, 0.25) is 0 Å². The minimum absolute atomic E-state index is 0.0705. The number of ether oxygens (including phenoxy) is 4. The molecule has 0 spiro atoms. The number of nitrogens with zero attached hydrogens (tertiary/aromatic N) is 1. The van der Waals surface area contributed by atoms with Crippen molar-refractivity contribution >= 4 is 18.0 Å². The van der Waals surface area contributed by atoms with Crippen LogP contribution in [-0.2, 0) is 32.1 Å². The van der Waals surface area contributed by atoms with E-state index < -0.39 is 23.5 Å². The summed E-state index contributed by atoms with van der Waals surface area (Å²) in [7, 11) is 3.11. The third-order valence-corrected chi connectivity index (χ3v) is 7.29. The number of carbonyl (C=O) groups excluding carboxylic acids is 2. The number of hydrogen-bond acceptors (Lipinski definition) is 8. The van der Waals surface area contributed by atoms with Gasteiger partial charge in [-0.05, 0) is 48.6 Å². The monoisotopic (exact) mass is 555 g/mol. The van der Waals surface area contributed by atoms with Crippen molar-refractivity contribution in [3.63, 3.8) is 0 Å². The van der Waals surface area contributed by atoms with Crippen molar-refractivity contribution in [1.29, 1.82) is 0 Å². The van der Waals surface area contributed by atoms with Gasteiger partial charge in [0.15, 0.2) is 0 Å². The molecular formula is C29H37N3O8. The Kier molecular flexibility index (Phi) is 9.49. The van der Waals surface area contributed by atoms with Crippen molar-refractivity contribution in [3.05, 3.63) is 47.5 Å². The van der Waals surface area contributed by atoms with Gasteiger partial charge in [0, 0.05) is 39.2 Å². The maximum atomic E-state index is 12.7. The average molecular weight is 556 g/mol. The lowest BCUT2D eigenvalue weighted by atomic mass is 9.97. The zero-order chi connectivity index (χ0) is 28.7. The first-order valence-electron chi connectivity index (χ1n) is 13.4. The first kappa shape index (κ1) is 29.2. The Morgan fingerprint density at radius 2 is 1.73 bits per heavy atom. The van der Waals surface area contributed by atoms with Gasteiger partial charge in [-0.15, -0.1) is 0 Å². The summed E-state index contributed by atoms with van der Waals surface area (Å²) >= 11 is 0. The molecule has 2 atom stereocenters. The number of aliphatic carboxylic acids is 1. The summed E-state index contributed by atoms with van der Waals surface area (Å²) in [6.45, 7) is 4.93. The molecule has 0 bridgehead atoms. The number of piperazine rings is 1. The van der Waals surface area contributed by atoms with Crippen molar-refractivity contribution in [1.82, 2.24) is 15.5 Å². The summed E-state index contributed by atoms with van der Waals surface area (Å²) < 4.78 is 22.4. The predicted octanol–water partition coefficient (Wildman–Crippen LogP) is 2.59. The maximum absolute atomic E-state index is 12.7. The SMILES string of the molecule is COc1cc(COC(=O)N2CCNCC2)cc(OC)c1-c1ccc(C[C@H](NC(=O)[C@@]2(C)CCCO2)C(=O)O)cc1. The minimum Gasteiger partial charge on any atom is -0.496 e. The zero-order valence-electron chi connectivity index (χ0n) is 23.2. The van der Waals surface area contributed by atoms with Gasteiger partial charge in [0.05, 0.1) is 19.8 Å². The fraction of sp³-hybridized carbons (Fsp3) is 0.483. The van der Waals surface area contributed by atoms with E-state index in [0.29, 0.717) is 43.2 Å². The molecule has 0 aromatic heterocycles. The van der Waals surface area contributed by atoms with Crippen LogP contribution in [0.1, 0.15) is 30.9 Å². The highest BCUT2D eigenvalue weighted by atomic mass is 16.6. The molecule has 0 aliphatic carbocycles. The molecule has 2 aliphatic rings. The Hall–Kier alpha value is -3.83. The van der Waals surface area contributed by atoms with E-state index in [2.05, 4.69) is 10.6 Å². The Morgan fingerprint density at radius 1 is 1.07 bits per heavy atom. The summed E-state index contributed by atoms with van der Waals surface area (Å²) in [6, 6.07) is 9.84. The van der Waals surface area contributed by atoms with Crippen LogP contribution in [0.25, 0.3) is 11.1 Å². The van der Waals surface area contributed by atoms with Crippen molar-refractivity contribution < 1.29 is 38.4 Å². The third kappa shape index (κ3) is 6.83. The lowest BCUT2D eigenvalue weighted by molar-refractivity contribution is -0.147. The number of nitrogens with one attached hydrogen (secondary N) is 2. The van der Waals surface area contributed by atoms with Crippen LogP contribution in [0.2, 0.25) is 0 Å². The predicted molar refractivity (Wildman–Crippen MR) is 146 cm³/mol. The minimum atomic E-state index is -1.12. The number of carboxylic acid groups (broad SMARTS) is 1. The van der Waals surface area contributed by atoms with Gasteiger partial charge in [0.1, 0.15) is 29.7 Å². The van der Waals surface area contributed by atoms with Gasteiger partial charge in [-0.25, -0.2) is 9.59 Å². The molecule has 11 heteroatoms. The Balaban J connectivity index is 1.46. The van der Waals surface area contributed by atoms with E-state index in [-0.39, 0.29) is 19.1 Å². The van der Waals surface area contributed by atoms with Crippen LogP contribution in [0.5, 0.6) is 11.5 Å². The molecule has 0 unspecified atom stereocenters. The first-order chi connectivity index (χ1) is 19.2. The number of carbonyl (C=O) groups is 3. The van der Waals surface area contributed by atoms with Crippen LogP contribution in [0, 0.1) is 0 Å². The largest absolute Gasteiger partial charge is 0.496 e. The highest BCUT2D eigenvalue weighted by Gasteiger charge is 2.39. The molecule has 11 nitrogen and oxygen atoms in total. The van der Waals surface area contributed by atoms with Crippen molar-refractivity contribution in [3.8, 4) is 22.6 Å². The molecule has 0 radical (unpaired) electrons. The second-order valence-electron chi connectivity index (χ2n) is 10.1. The van der Waals surface area contributed by atoms with E-state index in [1.54, 1.807) is 38.2 Å². The smallest absolute Gasteiger partial charge is 0.410 e. The number of hydrogen-bond donors (Lipinski definition) is 3. The highest BCUT2D eigenvalue weighted by molar-refractivity contribution is 5.89. The van der Waals surface area contributed by atoms with Crippen LogP contribution < -0.4 is 20.1 Å². The molecular weight excluding hydrogens is 518 g/mol. The second kappa shape index (κ2) is 13.0. The molecule has 2 heterocycles. The van der Waals surface area contributed by atoms with Crippen LogP contribution in [-0.4, -0.2) is 86.6 Å². The van der Waals surface area contributed by atoms with E-state index in [4.69, 9.17) is 18.9 Å². The summed E-state index contributed by atoms with van der Waals surface area (Å²) in [4.78, 5) is 38.7. The van der Waals surface area contributed by atoms with Crippen molar-refractivity contribution in [2.75, 3.05) is 47.0 Å². The number of methoxy groups -OCH3 is 2. The summed E-state index contributed by atoms with van der Waals surface area (Å²) in [5.41, 5.74) is 1.97. The molecule has 2 aliphatic heterocycles. The quantitative estimate of drug-likeness (QED) is 0.404. The lowest BCUT2D eigenvalue weighted by Crippen LogP contribution is -2.51. The van der Waals surface area contributed by atoms with Gasteiger partial charge in [-0.2, -0.15) is 0 Å². The van der Waals surface area contributed by atoms with Gasteiger partial charge in [-0.1, -0.05) is 24.3 Å². The third-order valence-electron chi connectivity index (χ3n) is 7.29. The number of benzene rings is 2. The van der Waals surface area contributed by atoms with E-state index in [9.17, 15) is 19.5 Å². The summed E-state index contributed by atoms with van der Waals surface area (Å²) in [5.74, 6) is -0.445. The van der Waals surface area contributed by atoms with E-state index in [1.807, 2.05) is 24.3 Å². The molecule has 2 amide bonds. The number of carboxylic acids is 1. The maximum Gasteiger partial charge on any atom is 0.410 e. The van der Waals surface area contributed by atoms with Crippen LogP contribution >= 0.6 is 0 Å². The molecule has 2 fully saturated rings. The number of rotatable bonds is 10. The molecule has 2 aromatic carbocycles. The molecule has 3 N–H and O–H groups in total. The molecule has 216 valence electrons. The van der Waals surface area contributed by atoms with Gasteiger partial charge in [0.25, 0.3) is 5.91 Å². The lowest BCUT2D eigenvalue weighted by Gasteiger charge is -2.26. The summed E-state index contributed by atoms with van der Waals surface area (Å²) in [6.07, 6.45) is 1.07. The highest BCUT2D eigenvalue weighted by Crippen LogP contribution is 2.40. The van der Waals surface area contributed by atoms with Gasteiger partial charge in [-0.3, -0.25) is 4.79 Å². The van der Waals surface area contributed by atoms with E-state index in [0.717, 1.165) is 36.2 Å². The van der Waals surface area contributed by atoms with Crippen LogP contribution in [0.3, 0.4) is 0 Å². The second-order valence-corrected chi connectivity index (χ2v) is 10.1. The molecule has 40 heavy (non-hydrogen) atoms. The summed E-state index contributed by atoms with van der Waals surface area (Å²) in [5, 5.41) is 15.6. The van der Waals surface area contributed by atoms with Gasteiger partial charge >= 0.3 is 12.1 Å². The van der Waals surface area contributed by atoms with Crippen LogP contribution in [0.15, 0.2) is 36.4 Å². The molecule has 4 rings (SSSR count). The molecule has 0 saturated carbocycles. The fourth-order valence-corrected chi connectivity index (χ4v) is 4.93. The Bertz CT molecular complexity index is 1180. The zero-order valence-corrected chi connectivity index (χ0v) is 23.2. The Morgan fingerprint density at radius 3 is 2.27 bits per heavy atom. The first-order valence-corrected chi connectivity index (χ1v) is 13.4. The number of amides is 2. The van der Waals surface area contributed by atoms with Crippen LogP contribution in [0.4, 0.5) is 4.79 Å². The average Bonchev–Trinajstić information content (AvgIpc) is 3.43. The Labute approximate surface area is 233 Å². The van der Waals surface area contributed by atoms with Gasteiger partial charge < -0.3 is 39.6 Å².